The molecule has 0 aliphatic heterocycles. The van der Waals surface area contributed by atoms with E-state index in [-0.39, 0.29) is 6.61 Å². The molecule has 1 aromatic rings. The van der Waals surface area contributed by atoms with Crippen molar-refractivity contribution in [3.63, 3.8) is 0 Å². The molecule has 0 atom stereocenters. The van der Waals surface area contributed by atoms with Crippen LogP contribution in [0.15, 0.2) is 24.3 Å². The number of benzene rings is 1. The van der Waals surface area contributed by atoms with Crippen molar-refractivity contribution in [2.45, 2.75) is 6.61 Å². The minimum absolute atomic E-state index is 0.253. The van der Waals surface area contributed by atoms with Crippen LogP contribution in [0.25, 0.3) is 0 Å². The fourth-order valence-electron chi connectivity index (χ4n) is 0.777. The SMILES string of the molecule is NS(=O)(=O)OCc1cccc(F)c1. The topological polar surface area (TPSA) is 69.4 Å². The summed E-state index contributed by atoms with van der Waals surface area (Å²) < 4.78 is 37.5. The Morgan fingerprint density at radius 2 is 2.15 bits per heavy atom. The van der Waals surface area contributed by atoms with Crippen molar-refractivity contribution >= 4 is 10.3 Å². The van der Waals surface area contributed by atoms with Crippen LogP contribution in [0, 0.1) is 5.82 Å². The molecule has 6 heteroatoms. The lowest BCUT2D eigenvalue weighted by Gasteiger charge is -2.00. The Labute approximate surface area is 75.4 Å². The Hall–Kier alpha value is -0.980. The Bertz CT molecular complexity index is 390. The summed E-state index contributed by atoms with van der Waals surface area (Å²) in [5, 5.41) is 4.58. The average molecular weight is 205 g/mol. The number of halogens is 1. The van der Waals surface area contributed by atoms with Gasteiger partial charge in [-0.3, -0.25) is 4.18 Å². The van der Waals surface area contributed by atoms with E-state index in [1.807, 2.05) is 0 Å². The highest BCUT2D eigenvalue weighted by atomic mass is 32.2. The Balaban J connectivity index is 2.65. The molecular formula is C7H8FNO3S. The van der Waals surface area contributed by atoms with E-state index in [0.29, 0.717) is 5.56 Å². The molecule has 2 N–H and O–H groups in total. The van der Waals surface area contributed by atoms with Gasteiger partial charge in [0.05, 0.1) is 6.61 Å². The number of hydrogen-bond acceptors (Lipinski definition) is 3. The predicted molar refractivity (Wildman–Crippen MR) is 44.3 cm³/mol. The molecule has 4 nitrogen and oxygen atoms in total. The van der Waals surface area contributed by atoms with Crippen LogP contribution in [-0.4, -0.2) is 8.42 Å². The van der Waals surface area contributed by atoms with Gasteiger partial charge < -0.3 is 0 Å². The van der Waals surface area contributed by atoms with Crippen molar-refractivity contribution in [1.82, 2.24) is 0 Å². The van der Waals surface area contributed by atoms with Crippen LogP contribution in [0.5, 0.6) is 0 Å². The van der Waals surface area contributed by atoms with Crippen LogP contribution in [-0.2, 0) is 21.1 Å². The highest BCUT2D eigenvalue weighted by Crippen LogP contribution is 2.05. The number of rotatable bonds is 3. The van der Waals surface area contributed by atoms with Gasteiger partial charge in [0.2, 0.25) is 0 Å². The van der Waals surface area contributed by atoms with Crippen molar-refractivity contribution in [2.75, 3.05) is 0 Å². The molecule has 1 aromatic carbocycles. The van der Waals surface area contributed by atoms with Crippen molar-refractivity contribution < 1.29 is 17.0 Å². The highest BCUT2D eigenvalue weighted by molar-refractivity contribution is 7.84. The molecule has 13 heavy (non-hydrogen) atoms. The largest absolute Gasteiger partial charge is 0.333 e. The summed E-state index contributed by atoms with van der Waals surface area (Å²) in [6, 6.07) is 5.41. The second-order valence-corrected chi connectivity index (χ2v) is 3.61. The molecule has 0 unspecified atom stereocenters. The van der Waals surface area contributed by atoms with Gasteiger partial charge in [0.25, 0.3) is 0 Å². The van der Waals surface area contributed by atoms with E-state index < -0.39 is 16.1 Å². The van der Waals surface area contributed by atoms with Crippen molar-refractivity contribution in [3.8, 4) is 0 Å². The molecule has 72 valence electrons. The Morgan fingerprint density at radius 1 is 1.46 bits per heavy atom. The normalized spacial score (nSPS) is 11.5. The van der Waals surface area contributed by atoms with Crippen LogP contribution in [0.1, 0.15) is 5.56 Å². The maximum atomic E-state index is 12.6. The summed E-state index contributed by atoms with van der Waals surface area (Å²) in [6.07, 6.45) is 0. The van der Waals surface area contributed by atoms with E-state index in [1.54, 1.807) is 0 Å². The summed E-state index contributed by atoms with van der Waals surface area (Å²) in [7, 11) is -3.96. The van der Waals surface area contributed by atoms with Gasteiger partial charge in [-0.05, 0) is 17.7 Å². The summed E-state index contributed by atoms with van der Waals surface area (Å²) in [6.45, 7) is -0.253. The van der Waals surface area contributed by atoms with Gasteiger partial charge in [0.1, 0.15) is 5.82 Å². The third kappa shape index (κ3) is 3.97. The minimum atomic E-state index is -3.96. The maximum absolute atomic E-state index is 12.6. The maximum Gasteiger partial charge on any atom is 0.333 e. The average Bonchev–Trinajstić information content (AvgIpc) is 2.00. The van der Waals surface area contributed by atoms with Crippen LogP contribution >= 0.6 is 0 Å². The lowest BCUT2D eigenvalue weighted by Crippen LogP contribution is -2.15. The first-order valence-electron chi connectivity index (χ1n) is 3.39. The van der Waals surface area contributed by atoms with E-state index in [2.05, 4.69) is 9.32 Å². The molecule has 0 saturated heterocycles. The molecular weight excluding hydrogens is 197 g/mol. The summed E-state index contributed by atoms with van der Waals surface area (Å²) in [5.74, 6) is -0.449. The lowest BCUT2D eigenvalue weighted by molar-refractivity contribution is 0.308. The molecule has 0 bridgehead atoms. The molecule has 0 spiro atoms. The molecule has 0 aromatic heterocycles. The van der Waals surface area contributed by atoms with E-state index in [0.717, 1.165) is 0 Å². The Kier molecular flexibility index (Phi) is 2.97. The van der Waals surface area contributed by atoms with E-state index in [4.69, 9.17) is 0 Å². The van der Waals surface area contributed by atoms with Gasteiger partial charge in [0.15, 0.2) is 0 Å². The zero-order chi connectivity index (χ0) is 9.90. The van der Waals surface area contributed by atoms with Crippen LogP contribution in [0.3, 0.4) is 0 Å². The number of nitrogens with two attached hydrogens (primary N) is 1. The first kappa shape index (κ1) is 10.1. The highest BCUT2D eigenvalue weighted by Gasteiger charge is 2.03. The summed E-state index contributed by atoms with van der Waals surface area (Å²) in [5.41, 5.74) is 0.411. The minimum Gasteiger partial charge on any atom is -0.253 e. The zero-order valence-corrected chi connectivity index (χ0v) is 7.42. The molecule has 0 aliphatic carbocycles. The van der Waals surface area contributed by atoms with Crippen molar-refractivity contribution in [2.24, 2.45) is 5.14 Å². The van der Waals surface area contributed by atoms with E-state index in [9.17, 15) is 12.8 Å². The Morgan fingerprint density at radius 3 is 2.69 bits per heavy atom. The molecule has 0 heterocycles. The predicted octanol–water partition coefficient (Wildman–Crippen LogP) is 0.546. The standard InChI is InChI=1S/C7H8FNO3S/c8-7-3-1-2-6(4-7)5-12-13(9,10)11/h1-4H,5H2,(H2,9,10,11). The molecule has 0 amide bonds. The first-order chi connectivity index (χ1) is 5.97. The van der Waals surface area contributed by atoms with Crippen molar-refractivity contribution in [1.29, 1.82) is 0 Å². The van der Waals surface area contributed by atoms with Crippen LogP contribution in [0.2, 0.25) is 0 Å². The molecule has 1 rings (SSSR count). The first-order valence-corrected chi connectivity index (χ1v) is 4.86. The van der Waals surface area contributed by atoms with Gasteiger partial charge in [-0.2, -0.15) is 8.42 Å². The fourth-order valence-corrected chi connectivity index (χ4v) is 1.08. The molecule has 0 saturated carbocycles. The smallest absolute Gasteiger partial charge is 0.253 e. The van der Waals surface area contributed by atoms with Gasteiger partial charge in [-0.15, -0.1) is 0 Å². The molecule has 0 fully saturated rings. The monoisotopic (exact) mass is 205 g/mol. The fraction of sp³-hybridized carbons (Fsp3) is 0.143. The van der Waals surface area contributed by atoms with Gasteiger partial charge in [0, 0.05) is 0 Å². The third-order valence-corrected chi connectivity index (χ3v) is 1.73. The van der Waals surface area contributed by atoms with Gasteiger partial charge >= 0.3 is 10.3 Å². The van der Waals surface area contributed by atoms with Crippen LogP contribution < -0.4 is 5.14 Å². The summed E-state index contributed by atoms with van der Waals surface area (Å²) in [4.78, 5) is 0. The summed E-state index contributed by atoms with van der Waals surface area (Å²) >= 11 is 0. The van der Waals surface area contributed by atoms with E-state index >= 15 is 0 Å². The second-order valence-electron chi connectivity index (χ2n) is 2.38. The quantitative estimate of drug-likeness (QED) is 0.783. The zero-order valence-electron chi connectivity index (χ0n) is 6.60. The van der Waals surface area contributed by atoms with Gasteiger partial charge in [-0.1, -0.05) is 12.1 Å². The van der Waals surface area contributed by atoms with E-state index in [1.165, 1.54) is 24.3 Å². The van der Waals surface area contributed by atoms with Gasteiger partial charge in [-0.25, -0.2) is 9.53 Å². The van der Waals surface area contributed by atoms with Crippen LogP contribution in [0.4, 0.5) is 4.39 Å². The molecule has 0 aliphatic rings. The lowest BCUT2D eigenvalue weighted by atomic mass is 10.2. The number of hydrogen-bond donors (Lipinski definition) is 1. The van der Waals surface area contributed by atoms with Crippen molar-refractivity contribution in [3.05, 3.63) is 35.6 Å². The second kappa shape index (κ2) is 3.82. The third-order valence-electron chi connectivity index (χ3n) is 1.28. The molecule has 0 radical (unpaired) electrons.